The van der Waals surface area contributed by atoms with Gasteiger partial charge in [-0.1, -0.05) is 0 Å². The van der Waals surface area contributed by atoms with E-state index in [9.17, 15) is 0 Å². The molecular weight excluding hydrogens is 351 g/mol. The molecule has 0 bridgehead atoms. The van der Waals surface area contributed by atoms with Crippen LogP contribution in [0.1, 0.15) is 11.8 Å². The zero-order valence-electron chi connectivity index (χ0n) is 14.4. The van der Waals surface area contributed by atoms with Gasteiger partial charge in [-0.15, -0.1) is 20.4 Å². The van der Waals surface area contributed by atoms with Gasteiger partial charge in [-0.2, -0.15) is 0 Å². The Kier molecular flexibility index (Phi) is 4.48. The van der Waals surface area contributed by atoms with Crippen molar-refractivity contribution in [2.45, 2.75) is 13.8 Å². The van der Waals surface area contributed by atoms with E-state index < -0.39 is 0 Å². The Morgan fingerprint density at radius 1 is 0.704 bits per heavy atom. The third-order valence-electron chi connectivity index (χ3n) is 3.33. The molecule has 4 aromatic rings. The van der Waals surface area contributed by atoms with Crippen LogP contribution >= 0.6 is 0 Å². The lowest BCUT2D eigenvalue weighted by Gasteiger charge is -2.06. The Balaban J connectivity index is 1.31. The summed E-state index contributed by atoms with van der Waals surface area (Å²) >= 11 is 0. The Hall–Kier alpha value is -3.76. The molecule has 10 nitrogen and oxygen atoms in total. The second-order valence-electron chi connectivity index (χ2n) is 5.34. The summed E-state index contributed by atoms with van der Waals surface area (Å²) in [6.45, 7) is 3.43. The summed E-state index contributed by atoms with van der Waals surface area (Å²) in [5, 5.41) is 15.3. The van der Waals surface area contributed by atoms with Crippen LogP contribution in [-0.4, -0.2) is 38.0 Å². The molecule has 1 radical (unpaired) electrons. The lowest BCUT2D eigenvalue weighted by molar-refractivity contribution is 0.456. The van der Waals surface area contributed by atoms with Gasteiger partial charge in [-0.05, 0) is 24.3 Å². The fraction of sp³-hybridized carbons (Fsp3) is 0.125. The molecular formula is C16H12BN6O4. The van der Waals surface area contributed by atoms with Crippen LogP contribution in [0.3, 0.4) is 0 Å². The zero-order chi connectivity index (χ0) is 18.6. The quantitative estimate of drug-likeness (QED) is 0.471. The number of hydrogen-bond donors (Lipinski definition) is 0. The van der Waals surface area contributed by atoms with E-state index in [1.54, 1.807) is 38.1 Å². The summed E-state index contributed by atoms with van der Waals surface area (Å²) in [5.41, 5.74) is 1.11. The van der Waals surface area contributed by atoms with E-state index in [4.69, 9.17) is 18.1 Å². The summed E-state index contributed by atoms with van der Waals surface area (Å²) in [6.07, 6.45) is 3.04. The molecule has 0 unspecified atom stereocenters. The predicted molar refractivity (Wildman–Crippen MR) is 91.5 cm³/mol. The number of aryl methyl sites for hydroxylation is 2. The van der Waals surface area contributed by atoms with Gasteiger partial charge in [-0.25, -0.2) is 9.97 Å². The molecule has 133 valence electrons. The molecule has 0 amide bonds. The molecule has 0 aliphatic carbocycles. The molecule has 0 aliphatic heterocycles. The van der Waals surface area contributed by atoms with Crippen LogP contribution in [0.15, 0.2) is 45.5 Å². The van der Waals surface area contributed by atoms with Crippen molar-refractivity contribution in [2.75, 3.05) is 0 Å². The van der Waals surface area contributed by atoms with E-state index in [-0.39, 0.29) is 0 Å². The van der Waals surface area contributed by atoms with Gasteiger partial charge in [0.2, 0.25) is 11.8 Å². The first-order valence-electron chi connectivity index (χ1n) is 7.85. The van der Waals surface area contributed by atoms with Gasteiger partial charge in [0.25, 0.3) is 11.8 Å². The van der Waals surface area contributed by atoms with Crippen LogP contribution in [0.2, 0.25) is 0 Å². The van der Waals surface area contributed by atoms with Gasteiger partial charge >= 0.3 is 7.69 Å². The first kappa shape index (κ1) is 16.7. The average molecular weight is 363 g/mol. The molecule has 4 aromatic heterocycles. The minimum atomic E-state index is 0.349. The Bertz CT molecular complexity index is 948. The molecule has 0 N–H and O–H groups in total. The highest BCUT2D eigenvalue weighted by Gasteiger charge is 2.10. The van der Waals surface area contributed by atoms with Crippen molar-refractivity contribution in [1.82, 2.24) is 30.4 Å². The first-order chi connectivity index (χ1) is 13.2. The van der Waals surface area contributed by atoms with Crippen molar-refractivity contribution in [3.63, 3.8) is 0 Å². The number of nitrogens with zero attached hydrogens (tertiary/aromatic N) is 6. The van der Waals surface area contributed by atoms with E-state index in [0.29, 0.717) is 46.4 Å². The molecule has 0 saturated carbocycles. The number of hydrogen-bond acceptors (Lipinski definition) is 10. The molecule has 4 rings (SSSR count). The minimum Gasteiger partial charge on any atom is -0.525 e. The van der Waals surface area contributed by atoms with Crippen LogP contribution in [-0.2, 0) is 0 Å². The molecule has 0 aliphatic rings. The average Bonchev–Trinajstić information content (AvgIpc) is 3.31. The smallest absolute Gasteiger partial charge is 0.525 e. The largest absolute Gasteiger partial charge is 0.658 e. The zero-order valence-corrected chi connectivity index (χ0v) is 14.4. The monoisotopic (exact) mass is 363 g/mol. The molecule has 0 aromatic carbocycles. The van der Waals surface area contributed by atoms with Crippen LogP contribution in [0.25, 0.3) is 23.2 Å². The van der Waals surface area contributed by atoms with Crippen molar-refractivity contribution in [2.24, 2.45) is 0 Å². The van der Waals surface area contributed by atoms with Crippen molar-refractivity contribution in [1.29, 1.82) is 0 Å². The number of rotatable bonds is 6. The molecule has 0 atom stereocenters. The van der Waals surface area contributed by atoms with Crippen LogP contribution in [0.5, 0.6) is 11.5 Å². The summed E-state index contributed by atoms with van der Waals surface area (Å²) in [4.78, 5) is 8.41. The van der Waals surface area contributed by atoms with Crippen molar-refractivity contribution in [3.8, 4) is 34.7 Å². The van der Waals surface area contributed by atoms with Crippen LogP contribution in [0.4, 0.5) is 0 Å². The van der Waals surface area contributed by atoms with Crippen LogP contribution in [0, 0.1) is 13.8 Å². The SMILES string of the molecule is Cc1nnc(-c2ccc(O[B]Oc3ccc(-c4nnc(C)o4)nc3)cn2)o1. The van der Waals surface area contributed by atoms with Gasteiger partial charge in [-0.3, -0.25) is 0 Å². The van der Waals surface area contributed by atoms with Gasteiger partial charge in [0, 0.05) is 13.8 Å². The summed E-state index contributed by atoms with van der Waals surface area (Å²) in [5.74, 6) is 2.62. The van der Waals surface area contributed by atoms with E-state index in [2.05, 4.69) is 30.4 Å². The van der Waals surface area contributed by atoms with Crippen molar-refractivity contribution < 1.29 is 18.1 Å². The van der Waals surface area contributed by atoms with E-state index in [1.165, 1.54) is 20.1 Å². The normalized spacial score (nSPS) is 10.6. The summed E-state index contributed by atoms with van der Waals surface area (Å²) < 4.78 is 21.4. The maximum absolute atomic E-state index is 5.38. The maximum Gasteiger partial charge on any atom is 0.658 e. The van der Waals surface area contributed by atoms with Gasteiger partial charge < -0.3 is 18.1 Å². The highest BCUT2D eigenvalue weighted by Crippen LogP contribution is 2.19. The second-order valence-corrected chi connectivity index (χ2v) is 5.34. The molecule has 27 heavy (non-hydrogen) atoms. The minimum absolute atomic E-state index is 0.349. The second kappa shape index (κ2) is 7.24. The third kappa shape index (κ3) is 3.92. The van der Waals surface area contributed by atoms with Crippen molar-refractivity contribution in [3.05, 3.63) is 48.4 Å². The lowest BCUT2D eigenvalue weighted by atomic mass is 10.3. The van der Waals surface area contributed by atoms with E-state index >= 15 is 0 Å². The van der Waals surface area contributed by atoms with Gasteiger partial charge in [0.1, 0.15) is 22.9 Å². The standard InChI is InChI=1S/C16H12BN6O4/c1-9-20-22-15(24-9)13-5-3-11(7-18-13)26-17-27-12-4-6-14(19-8-12)16-23-21-10(2)25-16/h3-8H,1-2H3. The highest BCUT2D eigenvalue weighted by molar-refractivity contribution is 6.20. The van der Waals surface area contributed by atoms with Gasteiger partial charge in [0.05, 0.1) is 12.4 Å². The van der Waals surface area contributed by atoms with Crippen LogP contribution < -0.4 is 9.31 Å². The Morgan fingerprint density at radius 3 is 1.52 bits per heavy atom. The highest BCUT2D eigenvalue weighted by atomic mass is 16.6. The van der Waals surface area contributed by atoms with Gasteiger partial charge in [0.15, 0.2) is 0 Å². The van der Waals surface area contributed by atoms with E-state index in [0.717, 1.165) is 0 Å². The number of aromatic nitrogens is 6. The fourth-order valence-electron chi connectivity index (χ4n) is 2.09. The summed E-state index contributed by atoms with van der Waals surface area (Å²) in [6, 6.07) is 6.83. The topological polar surface area (TPSA) is 122 Å². The molecule has 0 spiro atoms. The molecule has 0 saturated heterocycles. The summed E-state index contributed by atoms with van der Waals surface area (Å²) in [7, 11) is 1.18. The van der Waals surface area contributed by atoms with E-state index in [1.807, 2.05) is 0 Å². The van der Waals surface area contributed by atoms with Crippen molar-refractivity contribution >= 4 is 7.69 Å². The lowest BCUT2D eigenvalue weighted by Crippen LogP contribution is -2.11. The fourth-order valence-corrected chi connectivity index (χ4v) is 2.09. The molecule has 0 fully saturated rings. The molecule has 11 heteroatoms. The third-order valence-corrected chi connectivity index (χ3v) is 3.33. The predicted octanol–water partition coefficient (Wildman–Crippen LogP) is 2.19. The number of pyridine rings is 2. The maximum atomic E-state index is 5.38. The first-order valence-corrected chi connectivity index (χ1v) is 7.85. The molecule has 4 heterocycles. The Labute approximate surface area is 153 Å². The Morgan fingerprint density at radius 2 is 1.19 bits per heavy atom.